The third-order valence-electron chi connectivity index (χ3n) is 3.65. The number of likely N-dealkylation sites (tertiary alicyclic amines) is 1. The first kappa shape index (κ1) is 17.5. The van der Waals surface area contributed by atoms with Crippen LogP contribution in [0.4, 0.5) is 0 Å². The first-order valence-corrected chi connectivity index (χ1v) is 7.15. The molecular formula is C15H21BrClNO2. The third kappa shape index (κ3) is 4.76. The van der Waals surface area contributed by atoms with E-state index in [2.05, 4.69) is 4.90 Å². The molecule has 3 nitrogen and oxygen atoms in total. The Hall–Kier alpha value is -0.580. The summed E-state index contributed by atoms with van der Waals surface area (Å²) in [6, 6.07) is 7.50. The molecule has 0 amide bonds. The molecule has 0 radical (unpaired) electrons. The first-order valence-electron chi connectivity index (χ1n) is 6.77. The molecule has 2 rings (SSSR count). The lowest BCUT2D eigenvalue weighted by atomic mass is 10.0. The molecule has 1 unspecified atom stereocenters. The molecule has 20 heavy (non-hydrogen) atoms. The molecule has 1 aromatic carbocycles. The van der Waals surface area contributed by atoms with Crippen LogP contribution in [0.5, 0.6) is 0 Å². The average Bonchev–Trinajstić information content (AvgIpc) is 2.47. The Morgan fingerprint density at radius 3 is 2.40 bits per heavy atom. The number of nitrogens with zero attached hydrogens (tertiary/aromatic N) is 1. The van der Waals surface area contributed by atoms with Gasteiger partial charge in [-0.05, 0) is 50.0 Å². The van der Waals surface area contributed by atoms with E-state index in [9.17, 15) is 4.79 Å². The maximum atomic E-state index is 12.0. The zero-order chi connectivity index (χ0) is 13.7. The summed E-state index contributed by atoms with van der Waals surface area (Å²) in [6.45, 7) is 1.96. The van der Waals surface area contributed by atoms with E-state index in [1.54, 1.807) is 0 Å². The molecule has 1 atom stereocenters. The molecular weight excluding hydrogens is 342 g/mol. The summed E-state index contributed by atoms with van der Waals surface area (Å²) in [7, 11) is 1.46. The quantitative estimate of drug-likeness (QED) is 0.768. The van der Waals surface area contributed by atoms with Crippen LogP contribution in [0.25, 0.3) is 0 Å². The van der Waals surface area contributed by atoms with Gasteiger partial charge in [-0.1, -0.05) is 30.2 Å². The molecule has 0 bridgehead atoms. The van der Waals surface area contributed by atoms with Gasteiger partial charge in [-0.3, -0.25) is 9.69 Å². The molecule has 0 N–H and O–H groups in total. The van der Waals surface area contributed by atoms with E-state index in [1.165, 1.54) is 13.5 Å². The highest BCUT2D eigenvalue weighted by atomic mass is 79.9. The highest BCUT2D eigenvalue weighted by Crippen LogP contribution is 2.18. The van der Waals surface area contributed by atoms with Gasteiger partial charge in [0.25, 0.3) is 0 Å². The molecule has 0 saturated carbocycles. The van der Waals surface area contributed by atoms with Gasteiger partial charge in [-0.15, -0.1) is 17.0 Å². The van der Waals surface area contributed by atoms with Crippen molar-refractivity contribution in [3.8, 4) is 0 Å². The van der Waals surface area contributed by atoms with Crippen molar-refractivity contribution in [1.29, 1.82) is 0 Å². The normalized spacial score (nSPS) is 17.1. The SMILES string of the molecule is Br.COC(=O)C(Cc1ccc(Cl)cc1)N1CCCCC1. The van der Waals surface area contributed by atoms with E-state index < -0.39 is 0 Å². The van der Waals surface area contributed by atoms with Gasteiger partial charge in [0.05, 0.1) is 7.11 Å². The molecule has 0 aliphatic carbocycles. The number of carbonyl (C=O) groups is 1. The number of carbonyl (C=O) groups excluding carboxylic acids is 1. The van der Waals surface area contributed by atoms with Gasteiger partial charge in [0.2, 0.25) is 0 Å². The Balaban J connectivity index is 0.00000200. The van der Waals surface area contributed by atoms with Crippen molar-refractivity contribution in [3.05, 3.63) is 34.9 Å². The monoisotopic (exact) mass is 361 g/mol. The largest absolute Gasteiger partial charge is 0.468 e. The fraction of sp³-hybridized carbons (Fsp3) is 0.533. The van der Waals surface area contributed by atoms with Crippen molar-refractivity contribution in [2.24, 2.45) is 0 Å². The fourth-order valence-corrected chi connectivity index (χ4v) is 2.70. The number of piperidine rings is 1. The van der Waals surface area contributed by atoms with Crippen LogP contribution in [0.1, 0.15) is 24.8 Å². The molecule has 1 heterocycles. The second-order valence-corrected chi connectivity index (χ2v) is 5.40. The van der Waals surface area contributed by atoms with Gasteiger partial charge >= 0.3 is 5.97 Å². The number of methoxy groups -OCH3 is 1. The van der Waals surface area contributed by atoms with Gasteiger partial charge in [0, 0.05) is 5.02 Å². The fourth-order valence-electron chi connectivity index (χ4n) is 2.57. The Labute approximate surface area is 136 Å². The smallest absolute Gasteiger partial charge is 0.323 e. The van der Waals surface area contributed by atoms with Crippen molar-refractivity contribution in [1.82, 2.24) is 4.90 Å². The van der Waals surface area contributed by atoms with Crippen LogP contribution in [0.15, 0.2) is 24.3 Å². The number of halogens is 2. The summed E-state index contributed by atoms with van der Waals surface area (Å²) in [4.78, 5) is 14.2. The number of esters is 1. The molecule has 112 valence electrons. The minimum absolute atomic E-state index is 0. The standard InChI is InChI=1S/C15H20ClNO2.BrH/c1-19-15(18)14(17-9-3-2-4-10-17)11-12-5-7-13(16)8-6-12;/h5-8,14H,2-4,9-11H2,1H3;1H. The highest BCUT2D eigenvalue weighted by molar-refractivity contribution is 8.93. The highest BCUT2D eigenvalue weighted by Gasteiger charge is 2.27. The Morgan fingerprint density at radius 1 is 1.25 bits per heavy atom. The molecule has 0 aromatic heterocycles. The van der Waals surface area contributed by atoms with Gasteiger partial charge in [-0.25, -0.2) is 0 Å². The maximum Gasteiger partial charge on any atom is 0.323 e. The predicted octanol–water partition coefficient (Wildman–Crippen LogP) is 3.49. The average molecular weight is 363 g/mol. The summed E-state index contributed by atoms with van der Waals surface area (Å²) >= 11 is 5.88. The van der Waals surface area contributed by atoms with Gasteiger partial charge < -0.3 is 4.74 Å². The van der Waals surface area contributed by atoms with E-state index in [4.69, 9.17) is 16.3 Å². The lowest BCUT2D eigenvalue weighted by molar-refractivity contribution is -0.147. The van der Waals surface area contributed by atoms with Gasteiger partial charge in [0.1, 0.15) is 6.04 Å². The molecule has 1 saturated heterocycles. The van der Waals surface area contributed by atoms with Crippen molar-refractivity contribution in [3.63, 3.8) is 0 Å². The summed E-state index contributed by atoms with van der Waals surface area (Å²) in [6.07, 6.45) is 4.26. The predicted molar refractivity (Wildman–Crippen MR) is 86.7 cm³/mol. The third-order valence-corrected chi connectivity index (χ3v) is 3.90. The lowest BCUT2D eigenvalue weighted by Crippen LogP contribution is -2.45. The minimum atomic E-state index is -0.175. The summed E-state index contributed by atoms with van der Waals surface area (Å²) < 4.78 is 4.95. The van der Waals surface area contributed by atoms with E-state index >= 15 is 0 Å². The maximum absolute atomic E-state index is 12.0. The van der Waals surface area contributed by atoms with Crippen LogP contribution in [0.3, 0.4) is 0 Å². The number of ether oxygens (including phenoxy) is 1. The van der Waals surface area contributed by atoms with Crippen LogP contribution in [0, 0.1) is 0 Å². The second-order valence-electron chi connectivity index (χ2n) is 4.97. The van der Waals surface area contributed by atoms with Gasteiger partial charge in [0.15, 0.2) is 0 Å². The topological polar surface area (TPSA) is 29.5 Å². The zero-order valence-corrected chi connectivity index (χ0v) is 14.1. The van der Waals surface area contributed by atoms with Gasteiger partial charge in [-0.2, -0.15) is 0 Å². The minimum Gasteiger partial charge on any atom is -0.468 e. The van der Waals surface area contributed by atoms with Crippen LogP contribution in [0.2, 0.25) is 5.02 Å². The Kier molecular flexibility index (Phi) is 7.56. The first-order chi connectivity index (χ1) is 9.20. The van der Waals surface area contributed by atoms with Crippen molar-refractivity contribution >= 4 is 34.6 Å². The Bertz CT molecular complexity index is 418. The Morgan fingerprint density at radius 2 is 1.85 bits per heavy atom. The lowest BCUT2D eigenvalue weighted by Gasteiger charge is -2.32. The number of benzene rings is 1. The summed E-state index contributed by atoms with van der Waals surface area (Å²) in [5.41, 5.74) is 1.12. The van der Waals surface area contributed by atoms with E-state index in [1.807, 2.05) is 24.3 Å². The number of rotatable bonds is 4. The number of hydrogen-bond acceptors (Lipinski definition) is 3. The van der Waals surface area contributed by atoms with Crippen LogP contribution >= 0.6 is 28.6 Å². The molecule has 0 spiro atoms. The molecule has 1 aliphatic heterocycles. The van der Waals surface area contributed by atoms with Crippen LogP contribution in [-0.4, -0.2) is 37.1 Å². The summed E-state index contributed by atoms with van der Waals surface area (Å²) in [5.74, 6) is -0.142. The van der Waals surface area contributed by atoms with Crippen LogP contribution in [-0.2, 0) is 16.0 Å². The van der Waals surface area contributed by atoms with E-state index in [-0.39, 0.29) is 29.0 Å². The van der Waals surface area contributed by atoms with Crippen molar-refractivity contribution in [2.45, 2.75) is 31.7 Å². The molecule has 5 heteroatoms. The summed E-state index contributed by atoms with van der Waals surface area (Å²) in [5, 5.41) is 0.719. The zero-order valence-electron chi connectivity index (χ0n) is 11.7. The van der Waals surface area contributed by atoms with E-state index in [0.717, 1.165) is 36.5 Å². The molecule has 1 fully saturated rings. The van der Waals surface area contributed by atoms with Crippen molar-refractivity contribution in [2.75, 3.05) is 20.2 Å². The van der Waals surface area contributed by atoms with E-state index in [0.29, 0.717) is 6.42 Å². The number of hydrogen-bond donors (Lipinski definition) is 0. The van der Waals surface area contributed by atoms with Crippen LogP contribution < -0.4 is 0 Å². The molecule has 1 aliphatic rings. The second kappa shape index (κ2) is 8.65. The van der Waals surface area contributed by atoms with Crippen molar-refractivity contribution < 1.29 is 9.53 Å². The molecule has 1 aromatic rings.